The van der Waals surface area contributed by atoms with E-state index in [1.807, 2.05) is 0 Å². The normalized spacial score (nSPS) is 9.50. The number of phenols is 1. The maximum atomic E-state index is 10.7. The maximum Gasteiger partial charge on any atom is 0.252 e. The van der Waals surface area contributed by atoms with Gasteiger partial charge >= 0.3 is 0 Å². The van der Waals surface area contributed by atoms with E-state index in [9.17, 15) is 4.79 Å². The van der Waals surface area contributed by atoms with Gasteiger partial charge in [-0.15, -0.1) is 0 Å². The average Bonchev–Trinajstić information content (AvgIpc) is 2.05. The lowest BCUT2D eigenvalue weighted by Crippen LogP contribution is -1.90. The molecule has 0 atom stereocenters. The number of phenolic OH excluding ortho intramolecular Hbond substituents is 1. The van der Waals surface area contributed by atoms with Crippen LogP contribution in [0.2, 0.25) is 0 Å². The van der Waals surface area contributed by atoms with Gasteiger partial charge in [0.2, 0.25) is 0 Å². The standard InChI is InChI=1S/C8H7ClO3/c1-12-7-4-5(8(9)11)2-3-6(7)10/h2-4,10H,1H3. The number of methoxy groups -OCH3 is 1. The molecule has 12 heavy (non-hydrogen) atoms. The minimum atomic E-state index is -0.576. The minimum Gasteiger partial charge on any atom is -0.504 e. The second-order valence-electron chi connectivity index (χ2n) is 2.16. The van der Waals surface area contributed by atoms with E-state index in [-0.39, 0.29) is 11.5 Å². The van der Waals surface area contributed by atoms with Crippen molar-refractivity contribution in [2.45, 2.75) is 0 Å². The van der Waals surface area contributed by atoms with Gasteiger partial charge in [-0.1, -0.05) is 0 Å². The van der Waals surface area contributed by atoms with Gasteiger partial charge in [-0.05, 0) is 29.8 Å². The lowest BCUT2D eigenvalue weighted by molar-refractivity contribution is 0.108. The quantitative estimate of drug-likeness (QED) is 0.717. The fourth-order valence-electron chi connectivity index (χ4n) is 0.800. The van der Waals surface area contributed by atoms with E-state index in [0.717, 1.165) is 0 Å². The lowest BCUT2D eigenvalue weighted by Gasteiger charge is -2.02. The van der Waals surface area contributed by atoms with Crippen LogP contribution in [0.25, 0.3) is 0 Å². The summed E-state index contributed by atoms with van der Waals surface area (Å²) < 4.78 is 4.77. The second-order valence-corrected chi connectivity index (χ2v) is 2.50. The van der Waals surface area contributed by atoms with Gasteiger partial charge in [-0.25, -0.2) is 0 Å². The number of benzene rings is 1. The van der Waals surface area contributed by atoms with Crippen LogP contribution in [-0.4, -0.2) is 17.5 Å². The first-order valence-electron chi connectivity index (χ1n) is 3.22. The number of aromatic hydroxyl groups is 1. The molecule has 0 bridgehead atoms. The van der Waals surface area contributed by atoms with E-state index >= 15 is 0 Å². The Balaban J connectivity index is 3.13. The van der Waals surface area contributed by atoms with Crippen LogP contribution < -0.4 is 4.74 Å². The first kappa shape index (κ1) is 8.87. The summed E-state index contributed by atoms with van der Waals surface area (Å²) >= 11 is 5.21. The number of halogens is 1. The van der Waals surface area contributed by atoms with Crippen molar-refractivity contribution in [2.24, 2.45) is 0 Å². The van der Waals surface area contributed by atoms with E-state index in [2.05, 4.69) is 0 Å². The zero-order valence-electron chi connectivity index (χ0n) is 6.37. The van der Waals surface area contributed by atoms with Crippen molar-refractivity contribution >= 4 is 16.8 Å². The first-order valence-corrected chi connectivity index (χ1v) is 3.60. The van der Waals surface area contributed by atoms with Crippen LogP contribution in [0.1, 0.15) is 10.4 Å². The molecule has 0 aliphatic heterocycles. The number of hydrogen-bond donors (Lipinski definition) is 1. The van der Waals surface area contributed by atoms with Crippen LogP contribution in [0.3, 0.4) is 0 Å². The topological polar surface area (TPSA) is 46.5 Å². The molecule has 0 saturated carbocycles. The molecule has 64 valence electrons. The molecule has 0 saturated heterocycles. The molecule has 0 amide bonds. The molecule has 0 aliphatic rings. The zero-order chi connectivity index (χ0) is 9.14. The summed E-state index contributed by atoms with van der Waals surface area (Å²) in [6.07, 6.45) is 0. The third kappa shape index (κ3) is 1.68. The molecule has 0 aliphatic carbocycles. The Hall–Kier alpha value is -1.22. The van der Waals surface area contributed by atoms with Crippen LogP contribution >= 0.6 is 11.6 Å². The van der Waals surface area contributed by atoms with Crippen molar-refractivity contribution in [3.8, 4) is 11.5 Å². The maximum absolute atomic E-state index is 10.7. The SMILES string of the molecule is COc1cc(C(=O)Cl)ccc1O. The number of carbonyl (C=O) groups excluding carboxylic acids is 1. The minimum absolute atomic E-state index is 0.0147. The first-order chi connectivity index (χ1) is 5.65. The molecule has 1 aromatic rings. The summed E-state index contributed by atoms with van der Waals surface area (Å²) in [5.41, 5.74) is 0.298. The summed E-state index contributed by atoms with van der Waals surface area (Å²) in [6, 6.07) is 4.16. The predicted octanol–water partition coefficient (Wildman–Crippen LogP) is 1.78. The molecule has 1 rings (SSSR count). The Labute approximate surface area is 74.5 Å². The van der Waals surface area contributed by atoms with E-state index in [1.54, 1.807) is 0 Å². The molecule has 0 heterocycles. The number of carbonyl (C=O) groups is 1. The molecular weight excluding hydrogens is 180 g/mol. The third-order valence-corrected chi connectivity index (χ3v) is 1.62. The van der Waals surface area contributed by atoms with Gasteiger partial charge in [0.25, 0.3) is 5.24 Å². The molecular formula is C8H7ClO3. The zero-order valence-corrected chi connectivity index (χ0v) is 7.13. The summed E-state index contributed by atoms with van der Waals surface area (Å²) in [5, 5.41) is 8.56. The fraction of sp³-hybridized carbons (Fsp3) is 0.125. The van der Waals surface area contributed by atoms with Crippen LogP contribution in [-0.2, 0) is 0 Å². The highest BCUT2D eigenvalue weighted by Gasteiger charge is 2.06. The molecule has 1 aromatic carbocycles. The third-order valence-electron chi connectivity index (χ3n) is 1.41. The van der Waals surface area contributed by atoms with Crippen molar-refractivity contribution in [1.29, 1.82) is 0 Å². The second kappa shape index (κ2) is 3.45. The van der Waals surface area contributed by atoms with Crippen molar-refractivity contribution in [2.75, 3.05) is 7.11 Å². The van der Waals surface area contributed by atoms with Gasteiger partial charge in [0.1, 0.15) is 0 Å². The van der Waals surface area contributed by atoms with E-state index in [0.29, 0.717) is 5.56 Å². The lowest BCUT2D eigenvalue weighted by atomic mass is 10.2. The molecule has 4 heteroatoms. The van der Waals surface area contributed by atoms with Crippen LogP contribution in [0.5, 0.6) is 11.5 Å². The predicted molar refractivity (Wildman–Crippen MR) is 44.8 cm³/mol. The summed E-state index contributed by atoms with van der Waals surface area (Å²) in [6.45, 7) is 0. The van der Waals surface area contributed by atoms with Gasteiger partial charge in [0.05, 0.1) is 7.11 Å². The Morgan fingerprint density at radius 3 is 2.75 bits per heavy atom. The van der Waals surface area contributed by atoms with Crippen molar-refractivity contribution in [3.05, 3.63) is 23.8 Å². The Bertz CT molecular complexity index is 309. The van der Waals surface area contributed by atoms with E-state index in [4.69, 9.17) is 21.4 Å². The Morgan fingerprint density at radius 2 is 2.25 bits per heavy atom. The van der Waals surface area contributed by atoms with E-state index in [1.165, 1.54) is 25.3 Å². The Morgan fingerprint density at radius 1 is 1.58 bits per heavy atom. The average molecular weight is 187 g/mol. The fourth-order valence-corrected chi connectivity index (χ4v) is 0.917. The number of rotatable bonds is 2. The molecule has 0 spiro atoms. The van der Waals surface area contributed by atoms with Gasteiger partial charge in [-0.2, -0.15) is 0 Å². The molecule has 1 N–H and O–H groups in total. The van der Waals surface area contributed by atoms with Crippen molar-refractivity contribution < 1.29 is 14.6 Å². The van der Waals surface area contributed by atoms with Gasteiger partial charge in [0, 0.05) is 5.56 Å². The van der Waals surface area contributed by atoms with Gasteiger partial charge < -0.3 is 9.84 Å². The molecule has 0 fully saturated rings. The smallest absolute Gasteiger partial charge is 0.252 e. The number of ether oxygens (including phenoxy) is 1. The Kier molecular flexibility index (Phi) is 2.55. The van der Waals surface area contributed by atoms with Gasteiger partial charge in [-0.3, -0.25) is 4.79 Å². The highest BCUT2D eigenvalue weighted by molar-refractivity contribution is 6.67. The molecule has 3 nitrogen and oxygen atoms in total. The highest BCUT2D eigenvalue weighted by atomic mass is 35.5. The van der Waals surface area contributed by atoms with Crippen LogP contribution in [0.4, 0.5) is 0 Å². The van der Waals surface area contributed by atoms with Crippen LogP contribution in [0, 0.1) is 0 Å². The summed E-state index contributed by atoms with van der Waals surface area (Å²) in [5.74, 6) is 0.223. The van der Waals surface area contributed by atoms with Gasteiger partial charge in [0.15, 0.2) is 11.5 Å². The van der Waals surface area contributed by atoms with Crippen molar-refractivity contribution in [3.63, 3.8) is 0 Å². The highest BCUT2D eigenvalue weighted by Crippen LogP contribution is 2.26. The van der Waals surface area contributed by atoms with Crippen LogP contribution in [0.15, 0.2) is 18.2 Å². The largest absolute Gasteiger partial charge is 0.504 e. The monoisotopic (exact) mass is 186 g/mol. The molecule has 0 unspecified atom stereocenters. The number of hydrogen-bond acceptors (Lipinski definition) is 3. The molecule has 0 aromatic heterocycles. The summed E-state index contributed by atoms with van der Waals surface area (Å²) in [4.78, 5) is 10.7. The van der Waals surface area contributed by atoms with Crippen molar-refractivity contribution in [1.82, 2.24) is 0 Å². The summed E-state index contributed by atoms with van der Waals surface area (Å²) in [7, 11) is 1.40. The molecule has 0 radical (unpaired) electrons. The van der Waals surface area contributed by atoms with E-state index < -0.39 is 5.24 Å².